The number of nitrogens with zero attached hydrogens (tertiary/aromatic N) is 1. The van der Waals surface area contributed by atoms with Gasteiger partial charge in [0.2, 0.25) is 11.8 Å². The van der Waals surface area contributed by atoms with Crippen LogP contribution in [0.4, 0.5) is 0 Å². The number of amides is 2. The van der Waals surface area contributed by atoms with Crippen molar-refractivity contribution in [3.8, 4) is 0 Å². The molecule has 0 aliphatic carbocycles. The molecule has 1 atom stereocenters. The van der Waals surface area contributed by atoms with Crippen LogP contribution in [-0.4, -0.2) is 29.3 Å². The van der Waals surface area contributed by atoms with E-state index in [0.717, 1.165) is 15.1 Å². The molecule has 0 saturated carbocycles. The first-order chi connectivity index (χ1) is 8.61. The highest BCUT2D eigenvalue weighted by molar-refractivity contribution is 9.11. The molecular formula is C12H15BrN2O2S. The summed E-state index contributed by atoms with van der Waals surface area (Å²) in [5.74, 6) is -0.0374. The van der Waals surface area contributed by atoms with Crippen LogP contribution in [0, 0.1) is 0 Å². The summed E-state index contributed by atoms with van der Waals surface area (Å²) in [6, 6.07) is 3.62. The topological polar surface area (TPSA) is 49.4 Å². The van der Waals surface area contributed by atoms with Crippen LogP contribution in [0.3, 0.4) is 0 Å². The zero-order valence-electron chi connectivity index (χ0n) is 10.1. The van der Waals surface area contributed by atoms with E-state index in [1.165, 1.54) is 0 Å². The molecule has 2 heterocycles. The molecule has 0 spiro atoms. The molecule has 0 radical (unpaired) electrons. The van der Waals surface area contributed by atoms with E-state index in [9.17, 15) is 9.59 Å². The second-order valence-corrected chi connectivity index (χ2v) is 6.80. The molecule has 1 fully saturated rings. The third-order valence-electron chi connectivity index (χ3n) is 2.93. The third kappa shape index (κ3) is 2.92. The predicted octanol–water partition coefficient (Wildman–Crippen LogP) is 2.14. The summed E-state index contributed by atoms with van der Waals surface area (Å²) in [5, 5.41) is 2.65. The van der Waals surface area contributed by atoms with Crippen LogP contribution in [-0.2, 0) is 16.1 Å². The summed E-state index contributed by atoms with van der Waals surface area (Å²) < 4.78 is 1.04. The molecular weight excluding hydrogens is 316 g/mol. The van der Waals surface area contributed by atoms with Crippen LogP contribution in [0.2, 0.25) is 0 Å². The summed E-state index contributed by atoms with van der Waals surface area (Å²) in [7, 11) is 0. The van der Waals surface area contributed by atoms with Crippen molar-refractivity contribution in [2.75, 3.05) is 6.54 Å². The number of halogens is 1. The van der Waals surface area contributed by atoms with Gasteiger partial charge in [0.25, 0.3) is 0 Å². The van der Waals surface area contributed by atoms with E-state index in [-0.39, 0.29) is 24.4 Å². The lowest BCUT2D eigenvalue weighted by atomic mass is 10.1. The lowest BCUT2D eigenvalue weighted by molar-refractivity contribution is -0.146. The highest BCUT2D eigenvalue weighted by Crippen LogP contribution is 2.25. The molecule has 1 saturated heterocycles. The van der Waals surface area contributed by atoms with Crippen molar-refractivity contribution in [1.82, 2.24) is 10.2 Å². The van der Waals surface area contributed by atoms with Crippen molar-refractivity contribution < 1.29 is 9.59 Å². The van der Waals surface area contributed by atoms with Gasteiger partial charge in [0.1, 0.15) is 6.04 Å². The van der Waals surface area contributed by atoms with Crippen molar-refractivity contribution >= 4 is 39.1 Å². The fraction of sp³-hybridized carbons (Fsp3) is 0.500. The van der Waals surface area contributed by atoms with Gasteiger partial charge in [-0.1, -0.05) is 13.3 Å². The summed E-state index contributed by atoms with van der Waals surface area (Å²) in [6.07, 6.45) is 1.60. The van der Waals surface area contributed by atoms with Crippen molar-refractivity contribution in [2.45, 2.75) is 32.4 Å². The lowest BCUT2D eigenvalue weighted by Gasteiger charge is -2.34. The minimum absolute atomic E-state index is 0.00225. The van der Waals surface area contributed by atoms with E-state index < -0.39 is 0 Å². The molecule has 1 aliphatic rings. The molecule has 1 unspecified atom stereocenters. The first kappa shape index (κ1) is 13.5. The molecule has 1 aliphatic heterocycles. The van der Waals surface area contributed by atoms with Crippen LogP contribution >= 0.6 is 27.3 Å². The Morgan fingerprint density at radius 2 is 2.28 bits per heavy atom. The zero-order chi connectivity index (χ0) is 13.1. The molecule has 4 nitrogen and oxygen atoms in total. The first-order valence-electron chi connectivity index (χ1n) is 5.93. The highest BCUT2D eigenvalue weighted by atomic mass is 79.9. The molecule has 1 aromatic heterocycles. The lowest BCUT2D eigenvalue weighted by Crippen LogP contribution is -2.57. The number of carbonyl (C=O) groups is 2. The number of nitrogens with one attached hydrogen (secondary N) is 1. The Bertz CT molecular complexity index is 461. The Hall–Kier alpha value is -0.880. The number of thiophene rings is 1. The van der Waals surface area contributed by atoms with Gasteiger partial charge in [0, 0.05) is 4.88 Å². The number of hydrogen-bond donors (Lipinski definition) is 1. The summed E-state index contributed by atoms with van der Waals surface area (Å²) in [6.45, 7) is 2.66. The van der Waals surface area contributed by atoms with E-state index in [0.29, 0.717) is 13.0 Å². The van der Waals surface area contributed by atoms with Gasteiger partial charge in [-0.2, -0.15) is 0 Å². The normalized spacial score (nSPS) is 20.1. The smallest absolute Gasteiger partial charge is 0.243 e. The molecule has 0 aromatic carbocycles. The van der Waals surface area contributed by atoms with Gasteiger partial charge in [-0.3, -0.25) is 9.59 Å². The summed E-state index contributed by atoms with van der Waals surface area (Å²) in [5.41, 5.74) is 0. The SMILES string of the molecule is CCCC1C(=O)NCC(=O)N1Cc1ccc(Br)s1. The Kier molecular flexibility index (Phi) is 4.40. The molecule has 6 heteroatoms. The van der Waals surface area contributed by atoms with Crippen LogP contribution in [0.25, 0.3) is 0 Å². The predicted molar refractivity (Wildman–Crippen MR) is 74.3 cm³/mol. The monoisotopic (exact) mass is 330 g/mol. The molecule has 2 rings (SSSR count). The van der Waals surface area contributed by atoms with Crippen LogP contribution in [0.15, 0.2) is 15.9 Å². The number of hydrogen-bond acceptors (Lipinski definition) is 3. The van der Waals surface area contributed by atoms with Crippen LogP contribution < -0.4 is 5.32 Å². The maximum absolute atomic E-state index is 11.9. The molecule has 1 N–H and O–H groups in total. The van der Waals surface area contributed by atoms with E-state index in [2.05, 4.69) is 21.2 Å². The van der Waals surface area contributed by atoms with E-state index in [4.69, 9.17) is 0 Å². The number of rotatable bonds is 4. The third-order valence-corrected chi connectivity index (χ3v) is 4.54. The highest BCUT2D eigenvalue weighted by Gasteiger charge is 2.33. The van der Waals surface area contributed by atoms with Crippen molar-refractivity contribution in [3.63, 3.8) is 0 Å². The molecule has 98 valence electrons. The Labute approximate surface area is 118 Å². The van der Waals surface area contributed by atoms with Crippen LogP contribution in [0.5, 0.6) is 0 Å². The minimum atomic E-state index is -0.322. The van der Waals surface area contributed by atoms with Crippen molar-refractivity contribution in [3.05, 3.63) is 20.8 Å². The Morgan fingerprint density at radius 3 is 2.89 bits per heavy atom. The maximum atomic E-state index is 11.9. The average Bonchev–Trinajstić information content (AvgIpc) is 2.74. The molecule has 1 aromatic rings. The van der Waals surface area contributed by atoms with Gasteiger partial charge < -0.3 is 10.2 Å². The largest absolute Gasteiger partial charge is 0.345 e. The summed E-state index contributed by atoms with van der Waals surface area (Å²) in [4.78, 5) is 26.5. The second kappa shape index (κ2) is 5.84. The van der Waals surface area contributed by atoms with E-state index in [1.54, 1.807) is 16.2 Å². The van der Waals surface area contributed by atoms with Gasteiger partial charge in [-0.25, -0.2) is 0 Å². The van der Waals surface area contributed by atoms with Gasteiger partial charge in [-0.15, -0.1) is 11.3 Å². The van der Waals surface area contributed by atoms with E-state index in [1.807, 2.05) is 19.1 Å². The number of piperazine rings is 1. The Balaban J connectivity index is 2.15. The standard InChI is InChI=1S/C12H15BrN2O2S/c1-2-3-9-12(17)14-6-11(16)15(9)7-8-4-5-10(13)18-8/h4-5,9H,2-3,6-7H2,1H3,(H,14,17). The fourth-order valence-electron chi connectivity index (χ4n) is 2.06. The minimum Gasteiger partial charge on any atom is -0.345 e. The first-order valence-corrected chi connectivity index (χ1v) is 7.54. The fourth-order valence-corrected chi connectivity index (χ4v) is 3.54. The van der Waals surface area contributed by atoms with E-state index >= 15 is 0 Å². The Morgan fingerprint density at radius 1 is 1.50 bits per heavy atom. The molecule has 18 heavy (non-hydrogen) atoms. The number of carbonyl (C=O) groups excluding carboxylic acids is 2. The molecule has 0 bridgehead atoms. The van der Waals surface area contributed by atoms with Gasteiger partial charge in [0.05, 0.1) is 16.9 Å². The van der Waals surface area contributed by atoms with Crippen LogP contribution in [0.1, 0.15) is 24.6 Å². The average molecular weight is 331 g/mol. The molecule has 2 amide bonds. The quantitative estimate of drug-likeness (QED) is 0.919. The zero-order valence-corrected chi connectivity index (χ0v) is 12.5. The van der Waals surface area contributed by atoms with Gasteiger partial charge in [-0.05, 0) is 34.5 Å². The maximum Gasteiger partial charge on any atom is 0.243 e. The second-order valence-electron chi connectivity index (χ2n) is 4.25. The van der Waals surface area contributed by atoms with Crippen molar-refractivity contribution in [2.24, 2.45) is 0 Å². The van der Waals surface area contributed by atoms with Gasteiger partial charge >= 0.3 is 0 Å². The summed E-state index contributed by atoms with van der Waals surface area (Å²) >= 11 is 5.00. The van der Waals surface area contributed by atoms with Gasteiger partial charge in [0.15, 0.2) is 0 Å². The van der Waals surface area contributed by atoms with Crippen molar-refractivity contribution in [1.29, 1.82) is 0 Å².